The van der Waals surface area contributed by atoms with E-state index in [0.717, 1.165) is 25.7 Å². The van der Waals surface area contributed by atoms with E-state index in [2.05, 4.69) is 21.1 Å². The van der Waals surface area contributed by atoms with Gasteiger partial charge in [-0.15, -0.1) is 0 Å². The maximum Gasteiger partial charge on any atom is 0.347 e. The molecule has 0 aliphatic rings. The topological polar surface area (TPSA) is 57.1 Å². The SMILES string of the molecule is CCCCO/N=C/c1c(F)c(C)c(C(=O)Oc2ccccc2)c(OCCCC)c1Br. The van der Waals surface area contributed by atoms with Gasteiger partial charge in [0.2, 0.25) is 0 Å². The highest BCUT2D eigenvalue weighted by molar-refractivity contribution is 9.10. The van der Waals surface area contributed by atoms with Crippen molar-refractivity contribution in [3.8, 4) is 11.5 Å². The van der Waals surface area contributed by atoms with Gasteiger partial charge < -0.3 is 14.3 Å². The molecule has 0 aliphatic heterocycles. The fourth-order valence-corrected chi connectivity index (χ4v) is 3.21. The van der Waals surface area contributed by atoms with E-state index in [1.54, 1.807) is 24.3 Å². The van der Waals surface area contributed by atoms with Crippen molar-refractivity contribution in [3.05, 3.63) is 57.3 Å². The second-order valence-corrected chi connectivity index (χ2v) is 7.49. The monoisotopic (exact) mass is 479 g/mol. The van der Waals surface area contributed by atoms with Crippen molar-refractivity contribution in [3.63, 3.8) is 0 Å². The lowest BCUT2D eigenvalue weighted by molar-refractivity contribution is 0.0728. The number of halogens is 2. The van der Waals surface area contributed by atoms with Gasteiger partial charge in [-0.25, -0.2) is 9.18 Å². The van der Waals surface area contributed by atoms with Crippen LogP contribution in [0.2, 0.25) is 0 Å². The molecule has 0 aliphatic carbocycles. The van der Waals surface area contributed by atoms with Crippen molar-refractivity contribution in [2.45, 2.75) is 46.5 Å². The average molecular weight is 480 g/mol. The van der Waals surface area contributed by atoms with Gasteiger partial charge in [0, 0.05) is 5.56 Å². The highest BCUT2D eigenvalue weighted by Gasteiger charge is 2.27. The van der Waals surface area contributed by atoms with Crippen molar-refractivity contribution in [1.29, 1.82) is 0 Å². The largest absolute Gasteiger partial charge is 0.491 e. The summed E-state index contributed by atoms with van der Waals surface area (Å²) in [5.74, 6) is -0.675. The first-order chi connectivity index (χ1) is 14.5. The number of rotatable bonds is 11. The third-order valence-corrected chi connectivity index (χ3v) is 5.14. The molecular weight excluding hydrogens is 453 g/mol. The molecule has 7 heteroatoms. The van der Waals surface area contributed by atoms with Crippen LogP contribution in [0, 0.1) is 12.7 Å². The Bertz CT molecular complexity index is 871. The van der Waals surface area contributed by atoms with Gasteiger partial charge in [0.15, 0.2) is 0 Å². The van der Waals surface area contributed by atoms with Gasteiger partial charge in [0.05, 0.1) is 22.9 Å². The predicted molar refractivity (Wildman–Crippen MR) is 119 cm³/mol. The summed E-state index contributed by atoms with van der Waals surface area (Å²) >= 11 is 3.39. The molecule has 0 amide bonds. The standard InChI is InChI=1S/C23H27BrFNO4/c1-4-6-13-28-22-19(23(27)30-17-11-9-8-10-12-17)16(3)21(25)18(20(22)24)15-26-29-14-7-5-2/h8-12,15H,4-7,13-14H2,1-3H3/b26-15+. The summed E-state index contributed by atoms with van der Waals surface area (Å²) in [4.78, 5) is 18.1. The molecule has 0 fully saturated rings. The first kappa shape index (κ1) is 23.9. The second-order valence-electron chi connectivity index (χ2n) is 6.70. The maximum absolute atomic E-state index is 15.1. The van der Waals surface area contributed by atoms with Gasteiger partial charge in [0.25, 0.3) is 0 Å². The van der Waals surface area contributed by atoms with E-state index in [-0.39, 0.29) is 22.4 Å². The third kappa shape index (κ3) is 6.29. The van der Waals surface area contributed by atoms with Gasteiger partial charge in [-0.3, -0.25) is 0 Å². The van der Waals surface area contributed by atoms with Crippen molar-refractivity contribution in [2.75, 3.05) is 13.2 Å². The summed E-state index contributed by atoms with van der Waals surface area (Å²) in [5, 5.41) is 3.86. The molecule has 162 valence electrons. The summed E-state index contributed by atoms with van der Waals surface area (Å²) in [6.07, 6.45) is 4.83. The van der Waals surface area contributed by atoms with Crippen molar-refractivity contribution in [2.24, 2.45) is 5.16 Å². The number of nitrogens with zero attached hydrogens (tertiary/aromatic N) is 1. The van der Waals surface area contributed by atoms with Gasteiger partial charge >= 0.3 is 5.97 Å². The molecule has 0 atom stereocenters. The Hall–Kier alpha value is -2.41. The van der Waals surface area contributed by atoms with E-state index >= 15 is 4.39 Å². The van der Waals surface area contributed by atoms with Crippen LogP contribution in [0.25, 0.3) is 0 Å². The number of oxime groups is 1. The minimum atomic E-state index is -0.688. The van der Waals surface area contributed by atoms with Crippen LogP contribution in [0.5, 0.6) is 11.5 Å². The molecule has 2 aromatic rings. The zero-order chi connectivity index (χ0) is 21.9. The molecule has 0 spiro atoms. The van der Waals surface area contributed by atoms with Gasteiger partial charge in [-0.1, -0.05) is 50.0 Å². The van der Waals surface area contributed by atoms with E-state index in [4.69, 9.17) is 14.3 Å². The third-order valence-electron chi connectivity index (χ3n) is 4.35. The molecule has 2 aromatic carbocycles. The average Bonchev–Trinajstić information content (AvgIpc) is 2.74. The Morgan fingerprint density at radius 1 is 1.13 bits per heavy atom. The minimum absolute atomic E-state index is 0.0448. The lowest BCUT2D eigenvalue weighted by Gasteiger charge is -2.18. The Balaban J connectivity index is 2.42. The molecule has 0 N–H and O–H groups in total. The normalized spacial score (nSPS) is 11.0. The highest BCUT2D eigenvalue weighted by Crippen LogP contribution is 2.37. The van der Waals surface area contributed by atoms with Crippen LogP contribution in [0.1, 0.15) is 61.0 Å². The van der Waals surface area contributed by atoms with Gasteiger partial charge in [-0.05, 0) is 47.8 Å². The smallest absolute Gasteiger partial charge is 0.347 e. The lowest BCUT2D eigenvalue weighted by Crippen LogP contribution is -2.16. The Morgan fingerprint density at radius 3 is 2.47 bits per heavy atom. The molecule has 0 saturated carbocycles. The summed E-state index contributed by atoms with van der Waals surface area (Å²) in [6, 6.07) is 8.64. The quantitative estimate of drug-likeness (QED) is 0.122. The number of hydrogen-bond donors (Lipinski definition) is 0. The highest BCUT2D eigenvalue weighted by atomic mass is 79.9. The number of benzene rings is 2. The zero-order valence-corrected chi connectivity index (χ0v) is 19.1. The summed E-state index contributed by atoms with van der Waals surface area (Å²) in [7, 11) is 0. The Labute approximate surface area is 185 Å². The minimum Gasteiger partial charge on any atom is -0.491 e. The first-order valence-corrected chi connectivity index (χ1v) is 10.9. The molecule has 30 heavy (non-hydrogen) atoms. The molecule has 2 rings (SSSR count). The number of hydrogen-bond acceptors (Lipinski definition) is 5. The fraction of sp³-hybridized carbons (Fsp3) is 0.391. The van der Waals surface area contributed by atoms with E-state index in [9.17, 15) is 4.79 Å². The predicted octanol–water partition coefficient (Wildman–Crippen LogP) is 6.45. The molecule has 0 unspecified atom stereocenters. The molecule has 5 nitrogen and oxygen atoms in total. The van der Waals surface area contributed by atoms with E-state index in [1.807, 2.05) is 19.9 Å². The van der Waals surface area contributed by atoms with Crippen LogP contribution in [0.15, 0.2) is 40.0 Å². The second kappa shape index (κ2) is 12.3. The van der Waals surface area contributed by atoms with E-state index in [0.29, 0.717) is 23.4 Å². The number of para-hydroxylation sites is 1. The molecule has 0 radical (unpaired) electrons. The summed E-state index contributed by atoms with van der Waals surface area (Å²) < 4.78 is 26.7. The summed E-state index contributed by atoms with van der Waals surface area (Å²) in [6.45, 7) is 6.43. The lowest BCUT2D eigenvalue weighted by atomic mass is 10.0. The Morgan fingerprint density at radius 2 is 1.80 bits per heavy atom. The van der Waals surface area contributed by atoms with Crippen LogP contribution in [-0.4, -0.2) is 25.4 Å². The van der Waals surface area contributed by atoms with Crippen molar-refractivity contribution in [1.82, 2.24) is 0 Å². The van der Waals surface area contributed by atoms with Crippen LogP contribution in [0.3, 0.4) is 0 Å². The van der Waals surface area contributed by atoms with Gasteiger partial charge in [-0.2, -0.15) is 0 Å². The fourth-order valence-electron chi connectivity index (χ4n) is 2.62. The number of carbonyl (C=O) groups excluding carboxylic acids is 1. The number of ether oxygens (including phenoxy) is 2. The molecule has 0 saturated heterocycles. The van der Waals surface area contributed by atoms with E-state index in [1.165, 1.54) is 13.1 Å². The van der Waals surface area contributed by atoms with E-state index < -0.39 is 11.8 Å². The van der Waals surface area contributed by atoms with Gasteiger partial charge in [0.1, 0.15) is 29.5 Å². The molecule has 0 bridgehead atoms. The van der Waals surface area contributed by atoms with Crippen LogP contribution < -0.4 is 9.47 Å². The zero-order valence-electron chi connectivity index (χ0n) is 17.5. The summed E-state index contributed by atoms with van der Waals surface area (Å²) in [5.41, 5.74) is 0.329. The maximum atomic E-state index is 15.1. The first-order valence-electron chi connectivity index (χ1n) is 10.1. The van der Waals surface area contributed by atoms with Crippen molar-refractivity contribution < 1.29 is 23.5 Å². The van der Waals surface area contributed by atoms with Crippen LogP contribution >= 0.6 is 15.9 Å². The Kier molecular flexibility index (Phi) is 9.80. The number of carbonyl (C=O) groups is 1. The molecular formula is C23H27BrFNO4. The van der Waals surface area contributed by atoms with Crippen molar-refractivity contribution >= 4 is 28.1 Å². The molecule has 0 heterocycles. The van der Waals surface area contributed by atoms with Crippen LogP contribution in [-0.2, 0) is 4.84 Å². The number of unbranched alkanes of at least 4 members (excludes halogenated alkanes) is 2. The molecule has 0 aromatic heterocycles. The van der Waals surface area contributed by atoms with Crippen LogP contribution in [0.4, 0.5) is 4.39 Å². The number of esters is 1.